The van der Waals surface area contributed by atoms with Gasteiger partial charge in [-0.3, -0.25) is 9.69 Å². The van der Waals surface area contributed by atoms with Crippen LogP contribution in [0, 0.1) is 5.92 Å². The maximum Gasteiger partial charge on any atom is 0.311 e. The maximum absolute atomic E-state index is 11.3. The number of nitrogens with zero attached hydrogens (tertiary/aromatic N) is 1. The number of rotatable bonds is 4. The van der Waals surface area contributed by atoms with Gasteiger partial charge in [0.15, 0.2) is 0 Å². The highest BCUT2D eigenvalue weighted by Gasteiger charge is 2.33. The number of likely N-dealkylation sites (tertiary alicyclic amines) is 1. The van der Waals surface area contributed by atoms with Gasteiger partial charge in [-0.2, -0.15) is 0 Å². The third-order valence-electron chi connectivity index (χ3n) is 3.13. The van der Waals surface area contributed by atoms with Gasteiger partial charge in [0, 0.05) is 29.7 Å². The molecular weight excluding hydrogens is 298 g/mol. The Hall–Kier alpha value is -1.07. The molecule has 0 aromatic heterocycles. The monoisotopic (exact) mass is 313 g/mol. The first-order valence-corrected chi connectivity index (χ1v) is 6.56. The number of ether oxygens (including phenoxy) is 2. The molecule has 0 N–H and O–H groups in total. The Morgan fingerprint density at radius 3 is 2.78 bits per heavy atom. The van der Waals surface area contributed by atoms with E-state index in [1.165, 1.54) is 7.11 Å². The van der Waals surface area contributed by atoms with Crippen molar-refractivity contribution < 1.29 is 14.3 Å². The van der Waals surface area contributed by atoms with Crippen LogP contribution in [-0.4, -0.2) is 38.2 Å². The van der Waals surface area contributed by atoms with Crippen LogP contribution in [0.25, 0.3) is 0 Å². The van der Waals surface area contributed by atoms with Crippen molar-refractivity contribution in [1.29, 1.82) is 0 Å². The van der Waals surface area contributed by atoms with Crippen molar-refractivity contribution >= 4 is 21.9 Å². The molecule has 5 heteroatoms. The highest BCUT2D eigenvalue weighted by atomic mass is 79.9. The summed E-state index contributed by atoms with van der Waals surface area (Å²) < 4.78 is 11.1. The molecule has 18 heavy (non-hydrogen) atoms. The Morgan fingerprint density at radius 2 is 2.17 bits per heavy atom. The molecule has 1 aromatic carbocycles. The molecule has 1 aliphatic rings. The van der Waals surface area contributed by atoms with Crippen LogP contribution in [0.3, 0.4) is 0 Å². The number of benzene rings is 1. The largest absolute Gasteiger partial charge is 0.496 e. The van der Waals surface area contributed by atoms with Gasteiger partial charge in [0.05, 0.1) is 20.1 Å². The molecule has 98 valence electrons. The van der Waals surface area contributed by atoms with Crippen LogP contribution < -0.4 is 4.74 Å². The summed E-state index contributed by atoms with van der Waals surface area (Å²) in [5.74, 6) is 0.774. The Labute approximate surface area is 115 Å². The molecule has 1 aliphatic heterocycles. The first-order valence-electron chi connectivity index (χ1n) is 5.76. The first-order chi connectivity index (χ1) is 8.63. The number of esters is 1. The standard InChI is InChI=1S/C13H16BrNO3/c1-17-12-5-11(14)4-3-9(12)6-15-7-10(8-15)13(16)18-2/h3-5,10H,6-8H2,1-2H3. The van der Waals surface area contributed by atoms with E-state index in [9.17, 15) is 4.79 Å². The van der Waals surface area contributed by atoms with Gasteiger partial charge < -0.3 is 9.47 Å². The van der Waals surface area contributed by atoms with Crippen molar-refractivity contribution in [2.24, 2.45) is 5.92 Å². The van der Waals surface area contributed by atoms with Crippen molar-refractivity contribution in [2.75, 3.05) is 27.3 Å². The zero-order chi connectivity index (χ0) is 13.1. The van der Waals surface area contributed by atoms with Gasteiger partial charge in [0.1, 0.15) is 5.75 Å². The summed E-state index contributed by atoms with van der Waals surface area (Å²) in [7, 11) is 3.10. The zero-order valence-electron chi connectivity index (χ0n) is 10.5. The number of methoxy groups -OCH3 is 2. The summed E-state index contributed by atoms with van der Waals surface area (Å²) in [5, 5.41) is 0. The highest BCUT2D eigenvalue weighted by molar-refractivity contribution is 9.10. The predicted octanol–water partition coefficient (Wildman–Crippen LogP) is 2.06. The molecule has 4 nitrogen and oxygen atoms in total. The van der Waals surface area contributed by atoms with Crippen molar-refractivity contribution in [3.05, 3.63) is 28.2 Å². The van der Waals surface area contributed by atoms with Crippen molar-refractivity contribution in [2.45, 2.75) is 6.54 Å². The summed E-state index contributed by atoms with van der Waals surface area (Å²) in [6.45, 7) is 2.31. The average Bonchev–Trinajstić information content (AvgIpc) is 2.33. The lowest BCUT2D eigenvalue weighted by atomic mass is 9.99. The Bertz CT molecular complexity index is 444. The number of carbonyl (C=O) groups excluding carboxylic acids is 1. The summed E-state index contributed by atoms with van der Waals surface area (Å²) in [6, 6.07) is 5.98. The lowest BCUT2D eigenvalue weighted by Gasteiger charge is -2.37. The fourth-order valence-corrected chi connectivity index (χ4v) is 2.44. The molecule has 0 amide bonds. The van der Waals surface area contributed by atoms with E-state index in [-0.39, 0.29) is 11.9 Å². The highest BCUT2D eigenvalue weighted by Crippen LogP contribution is 2.27. The third kappa shape index (κ3) is 2.84. The van der Waals surface area contributed by atoms with Crippen LogP contribution in [0.15, 0.2) is 22.7 Å². The second-order valence-electron chi connectivity index (χ2n) is 4.37. The van der Waals surface area contributed by atoms with Crippen molar-refractivity contribution in [1.82, 2.24) is 4.90 Å². The predicted molar refractivity (Wildman–Crippen MR) is 71.5 cm³/mol. The fraction of sp³-hybridized carbons (Fsp3) is 0.462. The van der Waals surface area contributed by atoms with E-state index < -0.39 is 0 Å². The second-order valence-corrected chi connectivity index (χ2v) is 5.29. The Kier molecular flexibility index (Phi) is 4.24. The lowest BCUT2D eigenvalue weighted by Crippen LogP contribution is -2.50. The minimum Gasteiger partial charge on any atom is -0.496 e. The summed E-state index contributed by atoms with van der Waals surface area (Å²) >= 11 is 3.42. The van der Waals surface area contributed by atoms with E-state index in [0.717, 1.165) is 35.4 Å². The molecule has 0 spiro atoms. The number of halogens is 1. The maximum atomic E-state index is 11.3. The van der Waals surface area contributed by atoms with Gasteiger partial charge in [-0.1, -0.05) is 22.0 Å². The molecule has 2 rings (SSSR count). The Morgan fingerprint density at radius 1 is 1.44 bits per heavy atom. The van der Waals surface area contributed by atoms with Gasteiger partial charge in [0.25, 0.3) is 0 Å². The molecule has 0 unspecified atom stereocenters. The SMILES string of the molecule is COC(=O)C1CN(Cc2ccc(Br)cc2OC)C1. The van der Waals surface area contributed by atoms with Gasteiger partial charge in [-0.25, -0.2) is 0 Å². The van der Waals surface area contributed by atoms with E-state index in [2.05, 4.69) is 20.8 Å². The zero-order valence-corrected chi connectivity index (χ0v) is 12.1. The molecule has 0 bridgehead atoms. The second kappa shape index (κ2) is 5.71. The molecular formula is C13H16BrNO3. The van der Waals surface area contributed by atoms with E-state index >= 15 is 0 Å². The molecule has 0 aliphatic carbocycles. The van der Waals surface area contributed by atoms with Crippen LogP contribution in [0.4, 0.5) is 0 Å². The van der Waals surface area contributed by atoms with Crippen LogP contribution in [0.1, 0.15) is 5.56 Å². The fourth-order valence-electron chi connectivity index (χ4n) is 2.10. The van der Waals surface area contributed by atoms with Crippen LogP contribution in [-0.2, 0) is 16.1 Å². The Balaban J connectivity index is 1.94. The van der Waals surface area contributed by atoms with E-state index in [1.54, 1.807) is 7.11 Å². The first kappa shape index (κ1) is 13.4. The summed E-state index contributed by atoms with van der Waals surface area (Å²) in [4.78, 5) is 13.5. The average molecular weight is 314 g/mol. The molecule has 1 heterocycles. The van der Waals surface area contributed by atoms with Gasteiger partial charge in [0.2, 0.25) is 0 Å². The minimum atomic E-state index is -0.117. The third-order valence-corrected chi connectivity index (χ3v) is 3.63. The van der Waals surface area contributed by atoms with Crippen molar-refractivity contribution in [3.63, 3.8) is 0 Å². The smallest absolute Gasteiger partial charge is 0.311 e. The van der Waals surface area contributed by atoms with Crippen molar-refractivity contribution in [3.8, 4) is 5.75 Å². The van der Waals surface area contributed by atoms with Gasteiger partial charge >= 0.3 is 5.97 Å². The molecule has 0 saturated carbocycles. The topological polar surface area (TPSA) is 38.8 Å². The van der Waals surface area contributed by atoms with E-state index in [4.69, 9.17) is 9.47 Å². The van der Waals surface area contributed by atoms with E-state index in [1.807, 2.05) is 18.2 Å². The van der Waals surface area contributed by atoms with Gasteiger partial charge in [-0.15, -0.1) is 0 Å². The normalized spacial score (nSPS) is 16.2. The lowest BCUT2D eigenvalue weighted by molar-refractivity contribution is -0.151. The number of carbonyl (C=O) groups is 1. The van der Waals surface area contributed by atoms with Crippen LogP contribution in [0.2, 0.25) is 0 Å². The van der Waals surface area contributed by atoms with Gasteiger partial charge in [-0.05, 0) is 12.1 Å². The van der Waals surface area contributed by atoms with E-state index in [0.29, 0.717) is 0 Å². The quantitative estimate of drug-likeness (QED) is 0.798. The molecule has 1 aromatic rings. The van der Waals surface area contributed by atoms with Crippen LogP contribution >= 0.6 is 15.9 Å². The summed E-state index contributed by atoms with van der Waals surface area (Å²) in [6.07, 6.45) is 0. The molecule has 1 fully saturated rings. The molecule has 1 saturated heterocycles. The number of hydrogen-bond donors (Lipinski definition) is 0. The summed E-state index contributed by atoms with van der Waals surface area (Å²) in [5.41, 5.74) is 1.13. The number of hydrogen-bond acceptors (Lipinski definition) is 4. The van der Waals surface area contributed by atoms with Crippen LogP contribution in [0.5, 0.6) is 5.75 Å². The molecule has 0 radical (unpaired) electrons. The minimum absolute atomic E-state index is 0.0245. The molecule has 0 atom stereocenters.